The number of rotatable bonds is 6. The Balaban J connectivity index is 0.000000234. The van der Waals surface area contributed by atoms with Crippen LogP contribution >= 0.6 is 0 Å². The van der Waals surface area contributed by atoms with Gasteiger partial charge in [0, 0.05) is 4.53 Å². The van der Waals surface area contributed by atoms with Gasteiger partial charge in [-0.05, 0) is 80.0 Å². The minimum atomic E-state index is -1.30. The molecule has 158 valence electrons. The van der Waals surface area contributed by atoms with Crippen LogP contribution in [0.15, 0.2) is 49.1 Å². The lowest BCUT2D eigenvalue weighted by atomic mass is 9.78. The first-order chi connectivity index (χ1) is 14.0. The summed E-state index contributed by atoms with van der Waals surface area (Å²) in [5.41, 5.74) is 2.83. The molecule has 29 heavy (non-hydrogen) atoms. The monoisotopic (exact) mass is 408 g/mol. The molecule has 2 aromatic rings. The smallest absolute Gasteiger partial charge is 0.210 e. The van der Waals surface area contributed by atoms with Crippen LogP contribution in [0.1, 0.15) is 54.7 Å². The van der Waals surface area contributed by atoms with Gasteiger partial charge in [-0.25, -0.2) is 4.39 Å². The van der Waals surface area contributed by atoms with E-state index in [4.69, 9.17) is 0 Å². The summed E-state index contributed by atoms with van der Waals surface area (Å²) in [7, 11) is 0. The summed E-state index contributed by atoms with van der Waals surface area (Å²) < 4.78 is 48.6. The van der Waals surface area contributed by atoms with Crippen LogP contribution in [-0.4, -0.2) is 6.67 Å². The van der Waals surface area contributed by atoms with Crippen molar-refractivity contribution in [2.24, 2.45) is 5.92 Å². The third-order valence-electron chi connectivity index (χ3n) is 5.48. The second-order valence-electron chi connectivity index (χ2n) is 7.47. The van der Waals surface area contributed by atoms with Crippen molar-refractivity contribution < 1.29 is 22.6 Å². The normalized spacial score (nSPS) is 18.5. The molecule has 0 saturated heterocycles. The third-order valence-corrected chi connectivity index (χ3v) is 5.48. The Morgan fingerprint density at radius 3 is 2.21 bits per heavy atom. The topological polar surface area (TPSA) is 9.23 Å². The van der Waals surface area contributed by atoms with Gasteiger partial charge in [0.1, 0.15) is 0 Å². The molecule has 0 aromatic heterocycles. The van der Waals surface area contributed by atoms with E-state index >= 15 is 0 Å². The Morgan fingerprint density at radius 1 is 1.00 bits per heavy atom. The van der Waals surface area contributed by atoms with Gasteiger partial charge in [0.15, 0.2) is 5.82 Å². The van der Waals surface area contributed by atoms with Gasteiger partial charge in [-0.3, -0.25) is 9.33 Å². The van der Waals surface area contributed by atoms with Gasteiger partial charge >= 0.3 is 0 Å². The predicted molar refractivity (Wildman–Crippen MR) is 108 cm³/mol. The maximum Gasteiger partial charge on any atom is 0.210 e. The van der Waals surface area contributed by atoms with Crippen molar-refractivity contribution in [2.45, 2.75) is 51.4 Å². The summed E-state index contributed by atoms with van der Waals surface area (Å²) >= 11 is 0. The molecule has 0 aliphatic heterocycles. The van der Waals surface area contributed by atoms with E-state index in [1.807, 2.05) is 0 Å². The molecule has 0 radical (unpaired) electrons. The fourth-order valence-electron chi connectivity index (χ4n) is 3.60. The zero-order valence-corrected chi connectivity index (χ0v) is 16.8. The van der Waals surface area contributed by atoms with Crippen LogP contribution in [0.3, 0.4) is 0 Å². The van der Waals surface area contributed by atoms with Gasteiger partial charge < -0.3 is 0 Å². The number of hydrogen-bond donors (Lipinski definition) is 0. The summed E-state index contributed by atoms with van der Waals surface area (Å²) in [5, 5.41) is 0. The molecule has 0 bridgehead atoms. The Morgan fingerprint density at radius 2 is 1.66 bits per heavy atom. The molecule has 0 unspecified atom stereocenters. The molecule has 0 N–H and O–H groups in total. The van der Waals surface area contributed by atoms with Crippen LogP contribution in [0.2, 0.25) is 0 Å². The van der Waals surface area contributed by atoms with Crippen molar-refractivity contribution >= 4 is 0 Å². The molecule has 0 amide bonds. The first-order valence-electron chi connectivity index (χ1n) is 10.0. The molecule has 1 aliphatic carbocycles. The Hall–Kier alpha value is -2.30. The Kier molecular flexibility index (Phi) is 9.23. The second-order valence-corrected chi connectivity index (χ2v) is 7.47. The van der Waals surface area contributed by atoms with Crippen molar-refractivity contribution in [2.75, 3.05) is 6.67 Å². The number of benzene rings is 2. The van der Waals surface area contributed by atoms with Crippen LogP contribution in [0.5, 0.6) is 5.75 Å². The lowest BCUT2D eigenvalue weighted by molar-refractivity contribution is -0.0114. The van der Waals surface area contributed by atoms with E-state index < -0.39 is 17.4 Å². The summed E-state index contributed by atoms with van der Waals surface area (Å²) in [4.78, 5) is 3.07. The quantitative estimate of drug-likeness (QED) is 0.353. The van der Waals surface area contributed by atoms with Crippen LogP contribution < -0.4 is 4.94 Å². The number of halogens is 4. The van der Waals surface area contributed by atoms with Gasteiger partial charge in [-0.2, -0.15) is 4.39 Å². The van der Waals surface area contributed by atoms with Gasteiger partial charge in [0.05, 0.1) is 6.67 Å². The highest BCUT2D eigenvalue weighted by Gasteiger charge is 2.20. The van der Waals surface area contributed by atoms with Crippen LogP contribution in [0.25, 0.3) is 0 Å². The summed E-state index contributed by atoms with van der Waals surface area (Å²) in [5.74, 6) is -1.66. The Labute approximate surface area is 170 Å². The average Bonchev–Trinajstić information content (AvgIpc) is 2.77. The molecule has 1 nitrogen and oxygen atoms in total. The van der Waals surface area contributed by atoms with E-state index in [2.05, 4.69) is 41.9 Å². The highest BCUT2D eigenvalue weighted by molar-refractivity contribution is 5.29. The van der Waals surface area contributed by atoms with E-state index in [1.54, 1.807) is 0 Å². The highest BCUT2D eigenvalue weighted by Crippen LogP contribution is 2.36. The van der Waals surface area contributed by atoms with Crippen LogP contribution in [0, 0.1) is 24.5 Å². The minimum absolute atomic E-state index is 0.114. The molecule has 0 spiro atoms. The zero-order chi connectivity index (χ0) is 21.2. The van der Waals surface area contributed by atoms with Gasteiger partial charge in [-0.1, -0.05) is 36.4 Å². The fourth-order valence-corrected chi connectivity index (χ4v) is 3.60. The molecular formula is C24H28F4O. The van der Waals surface area contributed by atoms with Crippen LogP contribution in [-0.2, 0) is 6.42 Å². The molecule has 2 aromatic carbocycles. The lowest BCUT2D eigenvalue weighted by Crippen LogP contribution is -2.11. The fraction of sp³-hybridized carbons (Fsp3) is 0.417. The van der Waals surface area contributed by atoms with Crippen molar-refractivity contribution in [1.82, 2.24) is 0 Å². The SMILES string of the molecule is C=CC1CCC(c2ccc(CCCF)cc2)CC1.Cc1ccc(OF)c(F)c1F. The molecular weight excluding hydrogens is 380 g/mol. The zero-order valence-electron chi connectivity index (χ0n) is 16.8. The molecule has 1 saturated carbocycles. The first-order valence-corrected chi connectivity index (χ1v) is 10.0. The van der Waals surface area contributed by atoms with Gasteiger partial charge in [-0.15, -0.1) is 6.58 Å². The number of alkyl halides is 1. The second kappa shape index (κ2) is 11.6. The van der Waals surface area contributed by atoms with Crippen molar-refractivity contribution in [3.8, 4) is 5.75 Å². The maximum atomic E-state index is 12.6. The summed E-state index contributed by atoms with van der Waals surface area (Å²) in [6, 6.07) is 11.1. The molecule has 1 aliphatic rings. The van der Waals surface area contributed by atoms with Gasteiger partial charge in [0.25, 0.3) is 0 Å². The minimum Gasteiger partial charge on any atom is -0.291 e. The number of hydrogen-bond acceptors (Lipinski definition) is 1. The largest absolute Gasteiger partial charge is 0.291 e. The van der Waals surface area contributed by atoms with E-state index in [0.29, 0.717) is 6.42 Å². The standard InChI is InChI=1S/C17H23F.C7H5F3O/c1-2-14-5-9-16(10-6-14)17-11-7-15(8-12-17)4-3-13-18;1-4-2-3-5(11-10)7(9)6(4)8/h2,7-8,11-12,14,16H,1,3-6,9-10,13H2;2-3H,1H3. The highest BCUT2D eigenvalue weighted by atomic mass is 19.3. The average molecular weight is 408 g/mol. The van der Waals surface area contributed by atoms with E-state index in [0.717, 1.165) is 24.3 Å². The molecule has 5 heteroatoms. The number of aryl methyl sites for hydroxylation is 2. The van der Waals surface area contributed by atoms with Crippen LogP contribution in [0.4, 0.5) is 17.7 Å². The first kappa shape index (κ1) is 23.0. The molecule has 1 fully saturated rings. The Bertz CT molecular complexity index is 765. The third kappa shape index (κ3) is 6.62. The molecule has 0 heterocycles. The van der Waals surface area contributed by atoms with Gasteiger partial charge in [0.2, 0.25) is 11.6 Å². The van der Waals surface area contributed by atoms with Crippen molar-refractivity contribution in [1.29, 1.82) is 0 Å². The molecule has 0 atom stereocenters. The maximum absolute atomic E-state index is 12.6. The molecule has 3 rings (SSSR count). The van der Waals surface area contributed by atoms with E-state index in [1.165, 1.54) is 49.8 Å². The lowest BCUT2D eigenvalue weighted by Gasteiger charge is -2.27. The van der Waals surface area contributed by atoms with Crippen molar-refractivity contribution in [3.63, 3.8) is 0 Å². The van der Waals surface area contributed by atoms with Crippen molar-refractivity contribution in [3.05, 3.63) is 77.4 Å². The summed E-state index contributed by atoms with van der Waals surface area (Å²) in [6.45, 7) is 5.05. The predicted octanol–water partition coefficient (Wildman–Crippen LogP) is 7.59. The number of allylic oxidation sites excluding steroid dienone is 1. The van der Waals surface area contributed by atoms with E-state index in [9.17, 15) is 17.7 Å². The summed E-state index contributed by atoms with van der Waals surface area (Å²) in [6.07, 6.45) is 8.72. The van der Waals surface area contributed by atoms with E-state index in [-0.39, 0.29) is 12.2 Å².